The van der Waals surface area contributed by atoms with Crippen molar-refractivity contribution in [2.24, 2.45) is 0 Å². The van der Waals surface area contributed by atoms with Gasteiger partial charge in [-0.2, -0.15) is 0 Å². The first-order valence-corrected chi connectivity index (χ1v) is 6.57. The predicted octanol–water partition coefficient (Wildman–Crippen LogP) is 1.94. The van der Waals surface area contributed by atoms with Crippen LogP contribution in [0.2, 0.25) is 0 Å². The van der Waals surface area contributed by atoms with E-state index in [4.69, 9.17) is 10.0 Å². The number of hydrogen-bond acceptors (Lipinski definition) is 3. The second kappa shape index (κ2) is 6.19. The van der Waals surface area contributed by atoms with E-state index in [-0.39, 0.29) is 4.90 Å². The van der Waals surface area contributed by atoms with Crippen LogP contribution in [0.15, 0.2) is 47.4 Å². The average molecular weight is 280 g/mol. The minimum absolute atomic E-state index is 0.231. The smallest absolute Gasteiger partial charge is 0.423 e. The van der Waals surface area contributed by atoms with Crippen LogP contribution in [0, 0.1) is 11.6 Å². The van der Waals surface area contributed by atoms with Gasteiger partial charge in [-0.1, -0.05) is 24.3 Å². The summed E-state index contributed by atoms with van der Waals surface area (Å²) in [6.07, 6.45) is 0. The molecule has 0 bridgehead atoms. The first-order chi connectivity index (χ1) is 9.06. The Hall–Kier alpha value is -1.37. The Balaban J connectivity index is 2.10. The number of halogens is 2. The van der Waals surface area contributed by atoms with Gasteiger partial charge in [0.05, 0.1) is 0 Å². The van der Waals surface area contributed by atoms with Gasteiger partial charge in [0.1, 0.15) is 11.6 Å². The Morgan fingerprint density at radius 3 is 2.58 bits per heavy atom. The fourth-order valence-corrected chi connectivity index (χ4v) is 2.50. The number of hydrogen-bond donors (Lipinski definition) is 2. The SMILES string of the molecule is OB(O)c1cccc(CSc2cc(F)ccc2F)c1. The number of thioether (sulfide) groups is 1. The van der Waals surface area contributed by atoms with Gasteiger partial charge < -0.3 is 10.0 Å². The molecule has 2 N–H and O–H groups in total. The lowest BCUT2D eigenvalue weighted by Crippen LogP contribution is -2.29. The third-order valence-corrected chi connectivity index (χ3v) is 3.64. The summed E-state index contributed by atoms with van der Waals surface area (Å²) in [5, 5.41) is 18.1. The summed E-state index contributed by atoms with van der Waals surface area (Å²) < 4.78 is 26.4. The van der Waals surface area contributed by atoms with Gasteiger partial charge >= 0.3 is 7.12 Å². The van der Waals surface area contributed by atoms with Gasteiger partial charge in [0, 0.05) is 10.6 Å². The van der Waals surface area contributed by atoms with Crippen LogP contribution in [0.25, 0.3) is 0 Å². The average Bonchev–Trinajstić information content (AvgIpc) is 2.40. The van der Waals surface area contributed by atoms with E-state index >= 15 is 0 Å². The van der Waals surface area contributed by atoms with Crippen LogP contribution in [-0.2, 0) is 5.75 Å². The van der Waals surface area contributed by atoms with Gasteiger partial charge in [-0.25, -0.2) is 8.78 Å². The Morgan fingerprint density at radius 2 is 1.84 bits per heavy atom. The molecule has 0 atom stereocenters. The van der Waals surface area contributed by atoms with Crippen LogP contribution < -0.4 is 5.46 Å². The van der Waals surface area contributed by atoms with Crippen molar-refractivity contribution in [1.29, 1.82) is 0 Å². The highest BCUT2D eigenvalue weighted by Crippen LogP contribution is 2.25. The summed E-state index contributed by atoms with van der Waals surface area (Å²) in [4.78, 5) is 0.231. The maximum atomic E-state index is 13.4. The molecule has 2 aromatic carbocycles. The maximum absolute atomic E-state index is 13.4. The number of benzene rings is 2. The highest BCUT2D eigenvalue weighted by Gasteiger charge is 2.11. The molecule has 0 fully saturated rings. The molecule has 0 radical (unpaired) electrons. The molecule has 0 spiro atoms. The van der Waals surface area contributed by atoms with Crippen LogP contribution in [0.4, 0.5) is 8.78 Å². The lowest BCUT2D eigenvalue weighted by molar-refractivity contribution is 0.425. The summed E-state index contributed by atoms with van der Waals surface area (Å²) in [5.74, 6) is -0.533. The molecular formula is C13H11BF2O2S. The molecule has 0 aliphatic heterocycles. The quantitative estimate of drug-likeness (QED) is 0.664. The molecule has 0 unspecified atom stereocenters. The minimum Gasteiger partial charge on any atom is -0.423 e. The standard InChI is InChI=1S/C13H11BF2O2S/c15-11-4-5-12(16)13(7-11)19-8-9-2-1-3-10(6-9)14(17)18/h1-7,17-18H,8H2. The molecule has 2 aromatic rings. The zero-order valence-electron chi connectivity index (χ0n) is 9.88. The Kier molecular flexibility index (Phi) is 4.58. The molecule has 0 aliphatic rings. The fourth-order valence-electron chi connectivity index (χ4n) is 1.59. The van der Waals surface area contributed by atoms with Gasteiger partial charge in [0.25, 0.3) is 0 Å². The molecule has 0 amide bonds. The maximum Gasteiger partial charge on any atom is 0.488 e. The summed E-state index contributed by atoms with van der Waals surface area (Å²) in [6.45, 7) is 0. The molecule has 0 aromatic heterocycles. The summed E-state index contributed by atoms with van der Waals surface area (Å²) in [5.41, 5.74) is 1.18. The van der Waals surface area contributed by atoms with Crippen molar-refractivity contribution in [3.63, 3.8) is 0 Å². The van der Waals surface area contributed by atoms with Crippen LogP contribution >= 0.6 is 11.8 Å². The van der Waals surface area contributed by atoms with Crippen LogP contribution in [0.1, 0.15) is 5.56 Å². The molecular weight excluding hydrogens is 269 g/mol. The van der Waals surface area contributed by atoms with Gasteiger partial charge in [0.15, 0.2) is 0 Å². The van der Waals surface area contributed by atoms with Crippen molar-refractivity contribution in [3.8, 4) is 0 Å². The lowest BCUT2D eigenvalue weighted by atomic mass is 9.80. The van der Waals surface area contributed by atoms with E-state index in [9.17, 15) is 8.78 Å². The first kappa shape index (κ1) is 14.1. The molecule has 6 heteroatoms. The molecule has 0 heterocycles. The fraction of sp³-hybridized carbons (Fsp3) is 0.0769. The van der Waals surface area contributed by atoms with E-state index in [1.165, 1.54) is 0 Å². The predicted molar refractivity (Wildman–Crippen MR) is 72.2 cm³/mol. The Morgan fingerprint density at radius 1 is 1.05 bits per heavy atom. The molecule has 0 saturated carbocycles. The Labute approximate surface area is 114 Å². The van der Waals surface area contributed by atoms with Crippen molar-refractivity contribution in [2.45, 2.75) is 10.6 Å². The van der Waals surface area contributed by atoms with E-state index in [1.54, 1.807) is 24.3 Å². The normalized spacial score (nSPS) is 10.5. The lowest BCUT2D eigenvalue weighted by Gasteiger charge is -2.06. The van der Waals surface area contributed by atoms with E-state index in [0.717, 1.165) is 35.5 Å². The molecule has 2 rings (SSSR count). The minimum atomic E-state index is -1.53. The topological polar surface area (TPSA) is 40.5 Å². The van der Waals surface area contributed by atoms with Crippen molar-refractivity contribution in [1.82, 2.24) is 0 Å². The van der Waals surface area contributed by atoms with Crippen molar-refractivity contribution < 1.29 is 18.8 Å². The van der Waals surface area contributed by atoms with Gasteiger partial charge in [0.2, 0.25) is 0 Å². The molecule has 2 nitrogen and oxygen atoms in total. The second-order valence-corrected chi connectivity index (χ2v) is 5.00. The highest BCUT2D eigenvalue weighted by molar-refractivity contribution is 7.98. The van der Waals surface area contributed by atoms with E-state index in [0.29, 0.717) is 11.2 Å². The van der Waals surface area contributed by atoms with Crippen LogP contribution in [-0.4, -0.2) is 17.2 Å². The first-order valence-electron chi connectivity index (χ1n) is 5.59. The molecule has 98 valence electrons. The summed E-state index contributed by atoms with van der Waals surface area (Å²) in [7, 11) is -1.53. The number of rotatable bonds is 4. The van der Waals surface area contributed by atoms with Crippen LogP contribution in [0.3, 0.4) is 0 Å². The second-order valence-electron chi connectivity index (χ2n) is 3.98. The zero-order valence-corrected chi connectivity index (χ0v) is 10.7. The monoisotopic (exact) mass is 280 g/mol. The molecule has 0 saturated heterocycles. The summed E-state index contributed by atoms with van der Waals surface area (Å²) >= 11 is 1.16. The van der Waals surface area contributed by atoms with Crippen LogP contribution in [0.5, 0.6) is 0 Å². The van der Waals surface area contributed by atoms with Crippen molar-refractivity contribution >= 4 is 24.3 Å². The Bertz CT molecular complexity index is 578. The van der Waals surface area contributed by atoms with Crippen molar-refractivity contribution in [2.75, 3.05) is 0 Å². The molecule has 19 heavy (non-hydrogen) atoms. The highest BCUT2D eigenvalue weighted by atomic mass is 32.2. The largest absolute Gasteiger partial charge is 0.488 e. The van der Waals surface area contributed by atoms with E-state index in [2.05, 4.69) is 0 Å². The summed E-state index contributed by atoms with van der Waals surface area (Å²) in [6, 6.07) is 9.98. The third-order valence-electron chi connectivity index (χ3n) is 2.54. The molecule has 0 aliphatic carbocycles. The van der Waals surface area contributed by atoms with E-state index in [1.807, 2.05) is 0 Å². The van der Waals surface area contributed by atoms with E-state index < -0.39 is 18.8 Å². The van der Waals surface area contributed by atoms with Gasteiger partial charge in [-0.15, -0.1) is 11.8 Å². The van der Waals surface area contributed by atoms with Gasteiger partial charge in [-0.3, -0.25) is 0 Å². The van der Waals surface area contributed by atoms with Crippen molar-refractivity contribution in [3.05, 3.63) is 59.7 Å². The zero-order chi connectivity index (χ0) is 13.8. The van der Waals surface area contributed by atoms with Gasteiger partial charge in [-0.05, 0) is 29.2 Å². The third kappa shape index (κ3) is 3.80.